The first kappa shape index (κ1) is 15.4. The van der Waals surface area contributed by atoms with E-state index in [1.807, 2.05) is 31.2 Å². The molecule has 0 unspecified atom stereocenters. The molecule has 108 valence electrons. The lowest BCUT2D eigenvalue weighted by Crippen LogP contribution is -1.98. The average molecular weight is 320 g/mol. The highest BCUT2D eigenvalue weighted by atomic mass is 32.2. The summed E-state index contributed by atoms with van der Waals surface area (Å²) in [5.74, 6) is 0. The van der Waals surface area contributed by atoms with Crippen LogP contribution in [0.2, 0.25) is 0 Å². The molecule has 0 bridgehead atoms. The fourth-order valence-electron chi connectivity index (χ4n) is 1.72. The Balaban J connectivity index is 2.32. The van der Waals surface area contributed by atoms with Crippen molar-refractivity contribution in [3.05, 3.63) is 52.4 Å². The van der Waals surface area contributed by atoms with E-state index in [-0.39, 0.29) is 0 Å². The molecule has 7 heteroatoms. The number of nitriles is 1. The Kier molecular flexibility index (Phi) is 4.50. The number of allylic oxidation sites excluding steroid dienone is 2. The van der Waals surface area contributed by atoms with Gasteiger partial charge >= 0.3 is 10.1 Å². The van der Waals surface area contributed by atoms with Crippen molar-refractivity contribution < 1.29 is 12.7 Å². The summed E-state index contributed by atoms with van der Waals surface area (Å²) in [5.41, 5.74) is 2.37. The van der Waals surface area contributed by atoms with Crippen molar-refractivity contribution in [1.29, 1.82) is 5.26 Å². The Bertz CT molecular complexity index is 800. The number of oxime groups is 1. The van der Waals surface area contributed by atoms with Crippen molar-refractivity contribution in [2.24, 2.45) is 5.16 Å². The van der Waals surface area contributed by atoms with Crippen LogP contribution in [0.25, 0.3) is 5.57 Å². The second kappa shape index (κ2) is 6.16. The van der Waals surface area contributed by atoms with Crippen molar-refractivity contribution in [3.63, 3.8) is 0 Å². The molecule has 1 aromatic carbocycles. The minimum atomic E-state index is -3.63. The summed E-state index contributed by atoms with van der Waals surface area (Å²) in [6, 6.07) is 9.76. The van der Waals surface area contributed by atoms with Gasteiger partial charge in [-0.2, -0.15) is 13.7 Å². The van der Waals surface area contributed by atoms with Gasteiger partial charge < -0.3 is 0 Å². The van der Waals surface area contributed by atoms with Crippen molar-refractivity contribution in [1.82, 2.24) is 0 Å². The van der Waals surface area contributed by atoms with E-state index in [2.05, 4.69) is 15.5 Å². The summed E-state index contributed by atoms with van der Waals surface area (Å²) >= 11 is 1.19. The van der Waals surface area contributed by atoms with E-state index in [1.165, 1.54) is 11.8 Å². The quantitative estimate of drug-likeness (QED) is 0.632. The van der Waals surface area contributed by atoms with Crippen LogP contribution in [-0.2, 0) is 14.4 Å². The lowest BCUT2D eigenvalue weighted by molar-refractivity contribution is 0.345. The molecule has 21 heavy (non-hydrogen) atoms. The number of nitrogens with zero attached hydrogens (tertiary/aromatic N) is 2. The molecule has 0 saturated heterocycles. The molecule has 0 atom stereocenters. The highest BCUT2D eigenvalue weighted by Crippen LogP contribution is 2.34. The van der Waals surface area contributed by atoms with Gasteiger partial charge in [0, 0.05) is 4.91 Å². The molecule has 0 aliphatic carbocycles. The van der Waals surface area contributed by atoms with Crippen molar-refractivity contribution in [2.75, 3.05) is 6.26 Å². The predicted molar refractivity (Wildman–Crippen MR) is 83.8 cm³/mol. The van der Waals surface area contributed by atoms with E-state index in [4.69, 9.17) is 0 Å². The van der Waals surface area contributed by atoms with Crippen LogP contribution in [0.4, 0.5) is 0 Å². The number of aryl methyl sites for hydroxylation is 1. The van der Waals surface area contributed by atoms with E-state index >= 15 is 0 Å². The molecule has 1 aliphatic rings. The zero-order valence-electron chi connectivity index (χ0n) is 11.4. The monoisotopic (exact) mass is 320 g/mol. The molecule has 0 aromatic heterocycles. The first-order valence-corrected chi connectivity index (χ1v) is 8.57. The number of hydrogen-bond acceptors (Lipinski definition) is 6. The second-order valence-electron chi connectivity index (χ2n) is 4.31. The number of rotatable bonds is 3. The standard InChI is InChI=1S/C14H12N2O3S2/c1-10-5-3-4-6-11(10)12(9-15)13-7-8-14(20-13)16-19-21(2,17)18/h3-8H,1-2H3/b13-12-,16-14?. The van der Waals surface area contributed by atoms with Gasteiger partial charge in [0.1, 0.15) is 11.1 Å². The van der Waals surface area contributed by atoms with Gasteiger partial charge in [0.05, 0.1) is 11.8 Å². The zero-order valence-corrected chi connectivity index (χ0v) is 13.0. The van der Waals surface area contributed by atoms with Gasteiger partial charge in [0.25, 0.3) is 0 Å². The Hall–Kier alpha value is -2.04. The van der Waals surface area contributed by atoms with E-state index < -0.39 is 10.1 Å². The summed E-state index contributed by atoms with van der Waals surface area (Å²) in [7, 11) is -3.63. The molecular weight excluding hydrogens is 308 g/mol. The van der Waals surface area contributed by atoms with E-state index in [0.29, 0.717) is 15.5 Å². The SMILES string of the molecule is Cc1ccccc1/C(C#N)=C1/C=CC(=NOS(C)(=O)=O)S1. The average Bonchev–Trinajstić information content (AvgIpc) is 2.87. The van der Waals surface area contributed by atoms with Crippen LogP contribution in [0.3, 0.4) is 0 Å². The maximum atomic E-state index is 10.9. The molecule has 1 aromatic rings. The Morgan fingerprint density at radius 2 is 2.05 bits per heavy atom. The van der Waals surface area contributed by atoms with Gasteiger partial charge in [-0.25, -0.2) is 0 Å². The van der Waals surface area contributed by atoms with Crippen LogP contribution in [0.5, 0.6) is 0 Å². The number of thioether (sulfide) groups is 1. The topological polar surface area (TPSA) is 79.5 Å². The smallest absolute Gasteiger partial charge is 0.268 e. The fraction of sp³-hybridized carbons (Fsp3) is 0.143. The maximum absolute atomic E-state index is 10.9. The molecule has 0 amide bonds. The number of benzene rings is 1. The van der Waals surface area contributed by atoms with Crippen molar-refractivity contribution in [3.8, 4) is 6.07 Å². The van der Waals surface area contributed by atoms with Crippen LogP contribution >= 0.6 is 11.8 Å². The van der Waals surface area contributed by atoms with Gasteiger partial charge in [-0.1, -0.05) is 41.2 Å². The number of hydrogen-bond donors (Lipinski definition) is 0. The van der Waals surface area contributed by atoms with Crippen LogP contribution in [0.15, 0.2) is 46.5 Å². The molecule has 0 spiro atoms. The third-order valence-electron chi connectivity index (χ3n) is 2.63. The maximum Gasteiger partial charge on any atom is 0.325 e. The summed E-state index contributed by atoms with van der Waals surface area (Å²) in [4.78, 5) is 0.711. The molecule has 1 heterocycles. The summed E-state index contributed by atoms with van der Waals surface area (Å²) in [6.07, 6.45) is 4.26. The Morgan fingerprint density at radius 1 is 1.33 bits per heavy atom. The van der Waals surface area contributed by atoms with Gasteiger partial charge in [-0.3, -0.25) is 4.28 Å². The predicted octanol–water partition coefficient (Wildman–Crippen LogP) is 2.82. The molecule has 0 N–H and O–H groups in total. The summed E-state index contributed by atoms with van der Waals surface area (Å²) in [6.45, 7) is 1.93. The first-order chi connectivity index (χ1) is 9.90. The molecule has 5 nitrogen and oxygen atoms in total. The van der Waals surface area contributed by atoms with Crippen LogP contribution < -0.4 is 0 Å². The van der Waals surface area contributed by atoms with Gasteiger partial charge in [-0.05, 0) is 30.2 Å². The normalized spacial score (nSPS) is 18.6. The molecule has 0 saturated carbocycles. The second-order valence-corrected chi connectivity index (χ2v) is 6.93. The Labute approximate surface area is 127 Å². The molecule has 0 fully saturated rings. The van der Waals surface area contributed by atoms with Crippen molar-refractivity contribution >= 4 is 32.5 Å². The minimum Gasteiger partial charge on any atom is -0.268 e. The van der Waals surface area contributed by atoms with Gasteiger partial charge in [-0.15, -0.1) is 0 Å². The van der Waals surface area contributed by atoms with Gasteiger partial charge in [0.15, 0.2) is 0 Å². The van der Waals surface area contributed by atoms with Crippen molar-refractivity contribution in [2.45, 2.75) is 6.92 Å². The minimum absolute atomic E-state index is 0.386. The first-order valence-electron chi connectivity index (χ1n) is 5.93. The molecule has 1 aliphatic heterocycles. The van der Waals surface area contributed by atoms with Crippen LogP contribution in [-0.4, -0.2) is 19.7 Å². The lowest BCUT2D eigenvalue weighted by atomic mass is 10.0. The van der Waals surface area contributed by atoms with Gasteiger partial charge in [0.2, 0.25) is 0 Å². The van der Waals surface area contributed by atoms with E-state index in [0.717, 1.165) is 17.4 Å². The highest BCUT2D eigenvalue weighted by molar-refractivity contribution is 8.18. The molecular formula is C14H12N2O3S2. The lowest BCUT2D eigenvalue weighted by Gasteiger charge is -2.05. The Morgan fingerprint density at radius 3 is 2.67 bits per heavy atom. The zero-order chi connectivity index (χ0) is 15.5. The van der Waals surface area contributed by atoms with Crippen LogP contribution in [0, 0.1) is 18.3 Å². The largest absolute Gasteiger partial charge is 0.325 e. The third-order valence-corrected chi connectivity index (χ3v) is 3.95. The highest BCUT2D eigenvalue weighted by Gasteiger charge is 2.17. The summed E-state index contributed by atoms with van der Waals surface area (Å²) in [5, 5.41) is 13.3. The fourth-order valence-corrected chi connectivity index (χ4v) is 2.81. The summed E-state index contributed by atoms with van der Waals surface area (Å²) < 4.78 is 26.2. The molecule has 0 radical (unpaired) electrons. The van der Waals surface area contributed by atoms with E-state index in [1.54, 1.807) is 12.2 Å². The van der Waals surface area contributed by atoms with Crippen LogP contribution in [0.1, 0.15) is 11.1 Å². The third kappa shape index (κ3) is 3.97. The molecule has 2 rings (SSSR count). The van der Waals surface area contributed by atoms with E-state index in [9.17, 15) is 13.7 Å².